The molecule has 1 N–H and O–H groups in total. The van der Waals surface area contributed by atoms with Crippen molar-refractivity contribution in [2.24, 2.45) is 5.92 Å². The van der Waals surface area contributed by atoms with Crippen molar-refractivity contribution in [1.82, 2.24) is 5.32 Å². The highest BCUT2D eigenvalue weighted by atomic mass is 32.1. The highest BCUT2D eigenvalue weighted by molar-refractivity contribution is 7.80. The van der Waals surface area contributed by atoms with E-state index in [1.165, 1.54) is 5.57 Å². The van der Waals surface area contributed by atoms with Gasteiger partial charge in [-0.2, -0.15) is 0 Å². The average molecular weight is 458 g/mol. The molecular weight excluding hydrogens is 418 g/mol. The first-order valence-corrected chi connectivity index (χ1v) is 11.7. The summed E-state index contributed by atoms with van der Waals surface area (Å²) in [5.74, 6) is 0.00786. The summed E-state index contributed by atoms with van der Waals surface area (Å²) in [6.45, 7) is 13.0. The van der Waals surface area contributed by atoms with Gasteiger partial charge in [0, 0.05) is 7.11 Å². The molecule has 3 aliphatic rings. The Hall–Kier alpha value is -0.800. The molecule has 1 aliphatic carbocycles. The van der Waals surface area contributed by atoms with Crippen molar-refractivity contribution < 1.29 is 28.5 Å². The molecule has 0 aromatic rings. The van der Waals surface area contributed by atoms with Crippen LogP contribution in [0.5, 0.6) is 0 Å². The third kappa shape index (κ3) is 5.77. The molecule has 3 rings (SSSR count). The molecular formula is C23H39NO6S. The molecule has 178 valence electrons. The number of methoxy groups -OCH3 is 1. The van der Waals surface area contributed by atoms with Crippen molar-refractivity contribution in [3.8, 4) is 0 Å². The molecule has 2 heterocycles. The van der Waals surface area contributed by atoms with Crippen LogP contribution in [0.2, 0.25) is 0 Å². The summed E-state index contributed by atoms with van der Waals surface area (Å²) in [7, 11) is 1.68. The van der Waals surface area contributed by atoms with Gasteiger partial charge in [-0.15, -0.1) is 12.6 Å². The lowest BCUT2D eigenvalue weighted by Crippen LogP contribution is -2.57. The van der Waals surface area contributed by atoms with Crippen molar-refractivity contribution in [2.45, 2.75) is 101 Å². The van der Waals surface area contributed by atoms with E-state index in [1.54, 1.807) is 7.11 Å². The summed E-state index contributed by atoms with van der Waals surface area (Å²) < 4.78 is 29.5. The van der Waals surface area contributed by atoms with Gasteiger partial charge >= 0.3 is 6.09 Å². The number of hydrogen-bond donors (Lipinski definition) is 2. The summed E-state index contributed by atoms with van der Waals surface area (Å²) in [6.07, 6.45) is 3.59. The number of alkyl carbamates (subject to hydrolysis) is 1. The molecule has 0 radical (unpaired) electrons. The topological polar surface area (TPSA) is 81.9 Å². The van der Waals surface area contributed by atoms with Gasteiger partial charge in [-0.1, -0.05) is 11.6 Å². The lowest BCUT2D eigenvalue weighted by molar-refractivity contribution is -0.118. The van der Waals surface area contributed by atoms with Gasteiger partial charge in [0.1, 0.15) is 23.4 Å². The van der Waals surface area contributed by atoms with E-state index in [1.807, 2.05) is 20.8 Å². The van der Waals surface area contributed by atoms with Gasteiger partial charge in [0.15, 0.2) is 0 Å². The zero-order chi connectivity index (χ0) is 23.0. The number of ether oxygens (including phenoxy) is 5. The monoisotopic (exact) mass is 457 g/mol. The molecule has 7 nitrogen and oxygen atoms in total. The van der Waals surface area contributed by atoms with E-state index in [9.17, 15) is 4.79 Å². The van der Waals surface area contributed by atoms with Gasteiger partial charge in [0.2, 0.25) is 0 Å². The number of thiol groups is 1. The number of amides is 1. The number of nitrogens with one attached hydrogen (secondary N) is 1. The second-order valence-corrected chi connectivity index (χ2v) is 11.0. The van der Waals surface area contributed by atoms with E-state index < -0.39 is 11.6 Å². The molecule has 0 bridgehead atoms. The van der Waals surface area contributed by atoms with Crippen LogP contribution < -0.4 is 5.32 Å². The van der Waals surface area contributed by atoms with E-state index in [0.717, 1.165) is 12.8 Å². The maximum Gasteiger partial charge on any atom is 0.407 e. The Morgan fingerprint density at radius 1 is 1.39 bits per heavy atom. The fraction of sp³-hybridized carbons (Fsp3) is 0.870. The zero-order valence-corrected chi connectivity index (χ0v) is 20.8. The third-order valence-electron chi connectivity index (χ3n) is 6.62. The quantitative estimate of drug-likeness (QED) is 0.237. The Balaban J connectivity index is 1.66. The molecule has 3 fully saturated rings. The first kappa shape index (κ1) is 24.8. The van der Waals surface area contributed by atoms with Crippen molar-refractivity contribution >= 4 is 18.7 Å². The minimum atomic E-state index is -0.577. The Bertz CT molecular complexity index is 688. The second-order valence-electron chi connectivity index (χ2n) is 10.2. The minimum Gasteiger partial charge on any atom is -0.443 e. The average Bonchev–Trinajstić information content (AvgIpc) is 3.57. The largest absolute Gasteiger partial charge is 0.443 e. The molecule has 7 atom stereocenters. The fourth-order valence-corrected chi connectivity index (χ4v) is 4.95. The molecule has 1 amide bonds. The molecule has 0 aromatic heterocycles. The SMILES string of the molecule is COC1C(OC(=O)NC(C)(C)COC(C)S)CC[C@]2(CO2)C1[C@@]1(C)O[C@@H]1CC=C(C)C. The van der Waals surface area contributed by atoms with Gasteiger partial charge in [0.25, 0.3) is 0 Å². The molecule has 4 unspecified atom stereocenters. The number of epoxide rings is 2. The van der Waals surface area contributed by atoms with Crippen LogP contribution in [0.15, 0.2) is 11.6 Å². The number of carbonyl (C=O) groups excluding carboxylic acids is 1. The van der Waals surface area contributed by atoms with Crippen molar-refractivity contribution in [3.63, 3.8) is 0 Å². The zero-order valence-electron chi connectivity index (χ0n) is 19.9. The summed E-state index contributed by atoms with van der Waals surface area (Å²) in [6, 6.07) is 0. The van der Waals surface area contributed by atoms with Gasteiger partial charge in [-0.3, -0.25) is 0 Å². The van der Waals surface area contributed by atoms with Crippen LogP contribution in [0.4, 0.5) is 4.79 Å². The van der Waals surface area contributed by atoms with E-state index in [4.69, 9.17) is 23.7 Å². The molecule has 2 saturated heterocycles. The Morgan fingerprint density at radius 3 is 2.61 bits per heavy atom. The summed E-state index contributed by atoms with van der Waals surface area (Å²) >= 11 is 4.22. The molecule has 8 heteroatoms. The normalized spacial score (nSPS) is 37.8. The summed E-state index contributed by atoms with van der Waals surface area (Å²) in [4.78, 5) is 12.7. The van der Waals surface area contributed by atoms with Crippen molar-refractivity contribution in [1.29, 1.82) is 0 Å². The molecule has 31 heavy (non-hydrogen) atoms. The van der Waals surface area contributed by atoms with Gasteiger partial charge in [0.05, 0.1) is 36.2 Å². The second kappa shape index (κ2) is 9.21. The molecule has 1 saturated carbocycles. The van der Waals surface area contributed by atoms with Crippen LogP contribution in [-0.2, 0) is 23.7 Å². The maximum absolute atomic E-state index is 12.7. The van der Waals surface area contributed by atoms with Crippen LogP contribution in [0.1, 0.15) is 60.8 Å². The van der Waals surface area contributed by atoms with Crippen LogP contribution >= 0.6 is 12.6 Å². The standard InChI is InChI=1S/C23H39NO6S/c1-14(2)8-9-17-22(6,30-17)19-18(26-7)16(10-11-23(19)13-28-23)29-20(25)24-21(4,5)12-27-15(3)31/h8,15-19,31H,9-13H2,1-7H3,(H,24,25)/t15?,16?,17-,18?,19?,22+,23+/m1/s1. The van der Waals surface area contributed by atoms with E-state index >= 15 is 0 Å². The summed E-state index contributed by atoms with van der Waals surface area (Å²) in [5, 5.41) is 2.90. The Kier molecular flexibility index (Phi) is 7.38. The number of hydrogen-bond acceptors (Lipinski definition) is 7. The van der Waals surface area contributed by atoms with Crippen LogP contribution in [0.3, 0.4) is 0 Å². The molecule has 1 spiro atoms. The predicted octanol–water partition coefficient (Wildman–Crippen LogP) is 3.86. The van der Waals surface area contributed by atoms with Crippen molar-refractivity contribution in [3.05, 3.63) is 11.6 Å². The van der Waals surface area contributed by atoms with E-state index in [2.05, 4.69) is 44.8 Å². The first-order chi connectivity index (χ1) is 14.4. The van der Waals surface area contributed by atoms with Crippen LogP contribution in [0.25, 0.3) is 0 Å². The molecule has 2 aliphatic heterocycles. The summed E-state index contributed by atoms with van der Waals surface area (Å²) in [5.41, 5.74) is -0.0907. The Morgan fingerprint density at radius 2 is 2.06 bits per heavy atom. The third-order valence-corrected chi connectivity index (χ3v) is 6.77. The van der Waals surface area contributed by atoms with Crippen molar-refractivity contribution in [2.75, 3.05) is 20.3 Å². The van der Waals surface area contributed by atoms with E-state index in [0.29, 0.717) is 19.6 Å². The minimum absolute atomic E-state index is 0.00786. The van der Waals surface area contributed by atoms with Crippen LogP contribution in [0, 0.1) is 5.92 Å². The lowest BCUT2D eigenvalue weighted by atomic mass is 9.68. The smallest absolute Gasteiger partial charge is 0.407 e. The highest BCUT2D eigenvalue weighted by Gasteiger charge is 2.72. The highest BCUT2D eigenvalue weighted by Crippen LogP contribution is 2.59. The van der Waals surface area contributed by atoms with Gasteiger partial charge in [-0.05, 0) is 60.8 Å². The fourth-order valence-electron chi connectivity index (χ4n) is 4.88. The number of rotatable bonds is 9. The number of allylic oxidation sites excluding steroid dienone is 1. The maximum atomic E-state index is 12.7. The van der Waals surface area contributed by atoms with Gasteiger partial charge < -0.3 is 29.0 Å². The predicted molar refractivity (Wildman–Crippen MR) is 121 cm³/mol. The number of carbonyl (C=O) groups is 1. The van der Waals surface area contributed by atoms with E-state index in [-0.39, 0.29) is 40.9 Å². The Labute approximate surface area is 191 Å². The first-order valence-electron chi connectivity index (χ1n) is 11.2. The van der Waals surface area contributed by atoms with Gasteiger partial charge in [-0.25, -0.2) is 4.79 Å². The van der Waals surface area contributed by atoms with Crippen LogP contribution in [-0.4, -0.2) is 66.9 Å². The molecule has 0 aromatic carbocycles. The lowest BCUT2D eigenvalue weighted by Gasteiger charge is -2.42.